The summed E-state index contributed by atoms with van der Waals surface area (Å²) in [4.78, 5) is 18.7. The van der Waals surface area contributed by atoms with Crippen LogP contribution in [0.25, 0.3) is 0 Å². The largest absolute Gasteiger partial charge is 0.395 e. The number of anilines is 1. The summed E-state index contributed by atoms with van der Waals surface area (Å²) in [6.45, 7) is 5.12. The van der Waals surface area contributed by atoms with Crippen molar-refractivity contribution in [2.24, 2.45) is 0 Å². The quantitative estimate of drug-likeness (QED) is 0.899. The number of amides is 1. The molecule has 2 saturated heterocycles. The van der Waals surface area contributed by atoms with Gasteiger partial charge in [-0.1, -0.05) is 18.6 Å². The highest BCUT2D eigenvalue weighted by molar-refractivity contribution is 5.78. The topological polar surface area (TPSA) is 47.0 Å². The number of para-hydroxylation sites is 1. The van der Waals surface area contributed by atoms with Crippen LogP contribution < -0.4 is 4.90 Å². The van der Waals surface area contributed by atoms with Crippen LogP contribution in [0.4, 0.5) is 10.1 Å². The number of halogens is 1. The lowest BCUT2D eigenvalue weighted by molar-refractivity contribution is -0.134. The molecule has 138 valence electrons. The number of carbonyl (C=O) groups is 1. The monoisotopic (exact) mass is 349 g/mol. The van der Waals surface area contributed by atoms with Crippen molar-refractivity contribution in [2.75, 3.05) is 44.2 Å². The number of aliphatic hydroxyl groups excluding tert-OH is 1. The molecule has 5 nitrogen and oxygen atoms in total. The molecule has 0 radical (unpaired) electrons. The highest BCUT2D eigenvalue weighted by Gasteiger charge is 2.31. The number of piperidine rings is 1. The summed E-state index contributed by atoms with van der Waals surface area (Å²) >= 11 is 0. The number of hydrogen-bond donors (Lipinski definition) is 1. The van der Waals surface area contributed by atoms with Gasteiger partial charge in [0.2, 0.25) is 5.91 Å². The molecule has 25 heavy (non-hydrogen) atoms. The Kier molecular flexibility index (Phi) is 5.91. The van der Waals surface area contributed by atoms with Crippen molar-refractivity contribution in [3.8, 4) is 0 Å². The molecule has 1 amide bonds. The molecule has 2 fully saturated rings. The van der Waals surface area contributed by atoms with Crippen LogP contribution >= 0.6 is 0 Å². The summed E-state index contributed by atoms with van der Waals surface area (Å²) in [6.07, 6.45) is 3.14. The van der Waals surface area contributed by atoms with E-state index in [-0.39, 0.29) is 24.4 Å². The Bertz CT molecular complexity index is 590. The molecule has 2 unspecified atom stereocenters. The normalized spacial score (nSPS) is 25.2. The van der Waals surface area contributed by atoms with Gasteiger partial charge in [-0.05, 0) is 31.9 Å². The van der Waals surface area contributed by atoms with E-state index in [4.69, 9.17) is 0 Å². The highest BCUT2D eigenvalue weighted by Crippen LogP contribution is 2.23. The minimum absolute atomic E-state index is 0.0902. The molecule has 2 aliphatic rings. The third-order valence-corrected chi connectivity index (χ3v) is 5.55. The van der Waals surface area contributed by atoms with Crippen molar-refractivity contribution >= 4 is 11.6 Å². The average Bonchev–Trinajstić information content (AvgIpc) is 2.64. The number of benzene rings is 1. The molecule has 0 aromatic heterocycles. The maximum absolute atomic E-state index is 13.9. The van der Waals surface area contributed by atoms with E-state index in [9.17, 15) is 14.3 Å². The van der Waals surface area contributed by atoms with Gasteiger partial charge >= 0.3 is 0 Å². The molecule has 3 rings (SSSR count). The summed E-state index contributed by atoms with van der Waals surface area (Å²) in [5, 5.41) is 9.58. The van der Waals surface area contributed by atoms with Gasteiger partial charge in [0, 0.05) is 38.3 Å². The van der Waals surface area contributed by atoms with Crippen LogP contribution in [0.15, 0.2) is 24.3 Å². The van der Waals surface area contributed by atoms with Crippen LogP contribution in [0.5, 0.6) is 0 Å². The summed E-state index contributed by atoms with van der Waals surface area (Å²) in [7, 11) is 0. The first-order chi connectivity index (χ1) is 12.1. The van der Waals surface area contributed by atoms with Crippen molar-refractivity contribution in [3.05, 3.63) is 30.1 Å². The minimum atomic E-state index is -0.213. The number of nitrogens with zero attached hydrogens (tertiary/aromatic N) is 3. The maximum atomic E-state index is 13.9. The third-order valence-electron chi connectivity index (χ3n) is 5.55. The molecule has 0 spiro atoms. The minimum Gasteiger partial charge on any atom is -0.395 e. The zero-order valence-corrected chi connectivity index (χ0v) is 14.9. The lowest BCUT2D eigenvalue weighted by atomic mass is 9.97. The van der Waals surface area contributed by atoms with E-state index < -0.39 is 0 Å². The van der Waals surface area contributed by atoms with E-state index in [1.165, 1.54) is 6.07 Å². The van der Waals surface area contributed by atoms with Crippen molar-refractivity contribution in [1.29, 1.82) is 0 Å². The van der Waals surface area contributed by atoms with Crippen molar-refractivity contribution in [2.45, 2.75) is 38.3 Å². The van der Waals surface area contributed by atoms with Gasteiger partial charge in [0.25, 0.3) is 0 Å². The highest BCUT2D eigenvalue weighted by atomic mass is 19.1. The zero-order valence-electron chi connectivity index (χ0n) is 14.9. The third kappa shape index (κ3) is 4.12. The van der Waals surface area contributed by atoms with Crippen LogP contribution in [0, 0.1) is 5.82 Å². The molecule has 0 saturated carbocycles. The second-order valence-corrected chi connectivity index (χ2v) is 7.11. The molecule has 6 heteroatoms. The summed E-state index contributed by atoms with van der Waals surface area (Å²) in [6, 6.07) is 7.20. The number of rotatable bonds is 4. The van der Waals surface area contributed by atoms with E-state index in [0.29, 0.717) is 44.5 Å². The van der Waals surface area contributed by atoms with Gasteiger partial charge in [-0.25, -0.2) is 4.39 Å². The van der Waals surface area contributed by atoms with Gasteiger partial charge in [-0.3, -0.25) is 9.69 Å². The van der Waals surface area contributed by atoms with Gasteiger partial charge in [0.05, 0.1) is 18.8 Å². The molecule has 2 aliphatic heterocycles. The molecule has 1 aromatic rings. The predicted octanol–water partition coefficient (Wildman–Crippen LogP) is 1.71. The number of aliphatic hydroxyl groups is 1. The van der Waals surface area contributed by atoms with Gasteiger partial charge < -0.3 is 14.9 Å². The van der Waals surface area contributed by atoms with Crippen molar-refractivity contribution in [3.63, 3.8) is 0 Å². The number of carbonyl (C=O) groups excluding carboxylic acids is 1. The van der Waals surface area contributed by atoms with Crippen molar-refractivity contribution < 1.29 is 14.3 Å². The van der Waals surface area contributed by atoms with E-state index in [2.05, 4.69) is 11.8 Å². The van der Waals surface area contributed by atoms with E-state index in [0.717, 1.165) is 19.3 Å². The smallest absolute Gasteiger partial charge is 0.236 e. The Morgan fingerprint density at radius 3 is 2.60 bits per heavy atom. The standard InChI is InChI=1S/C19H28FN3O2/c1-15-5-4-6-16(14-24)23(15)13-19(25)22-11-9-21(10-12-22)18-8-3-2-7-17(18)20/h2-3,7-8,15-16,24H,4-6,9-14H2,1H3. The maximum Gasteiger partial charge on any atom is 0.236 e. The Hall–Kier alpha value is -1.66. The Balaban J connectivity index is 1.55. The number of likely N-dealkylation sites (tertiary alicyclic amines) is 1. The number of hydrogen-bond acceptors (Lipinski definition) is 4. The second-order valence-electron chi connectivity index (χ2n) is 7.11. The molecule has 1 N–H and O–H groups in total. The molecule has 0 bridgehead atoms. The van der Waals surface area contributed by atoms with Crippen LogP contribution in [0.1, 0.15) is 26.2 Å². The molecule has 2 atom stereocenters. The lowest BCUT2D eigenvalue weighted by Gasteiger charge is -2.41. The Morgan fingerprint density at radius 2 is 1.92 bits per heavy atom. The molecular weight excluding hydrogens is 321 g/mol. The molecule has 1 aromatic carbocycles. The van der Waals surface area contributed by atoms with Gasteiger partial charge in [-0.2, -0.15) is 0 Å². The van der Waals surface area contributed by atoms with Gasteiger partial charge in [0.15, 0.2) is 0 Å². The van der Waals surface area contributed by atoms with Gasteiger partial charge in [0.1, 0.15) is 5.82 Å². The lowest BCUT2D eigenvalue weighted by Crippen LogP contribution is -2.55. The molecular formula is C19H28FN3O2. The zero-order chi connectivity index (χ0) is 17.8. The fourth-order valence-electron chi connectivity index (χ4n) is 3.98. The van der Waals surface area contributed by atoms with Crippen molar-refractivity contribution in [1.82, 2.24) is 9.80 Å². The molecule has 0 aliphatic carbocycles. The predicted molar refractivity (Wildman–Crippen MR) is 96.1 cm³/mol. The van der Waals surface area contributed by atoms with Crippen LogP contribution in [-0.4, -0.2) is 72.2 Å². The second kappa shape index (κ2) is 8.15. The van der Waals surface area contributed by atoms with Crippen LogP contribution in [-0.2, 0) is 4.79 Å². The SMILES string of the molecule is CC1CCCC(CO)N1CC(=O)N1CCN(c2ccccc2F)CC1. The Morgan fingerprint density at radius 1 is 1.20 bits per heavy atom. The van der Waals surface area contributed by atoms with Crippen LogP contribution in [0.3, 0.4) is 0 Å². The fraction of sp³-hybridized carbons (Fsp3) is 0.632. The number of piperazine rings is 1. The average molecular weight is 349 g/mol. The van der Waals surface area contributed by atoms with Crippen LogP contribution in [0.2, 0.25) is 0 Å². The summed E-state index contributed by atoms with van der Waals surface area (Å²) in [5.74, 6) is -0.101. The van der Waals surface area contributed by atoms with E-state index >= 15 is 0 Å². The van der Waals surface area contributed by atoms with E-state index in [1.807, 2.05) is 15.9 Å². The molecule has 2 heterocycles. The first-order valence-corrected chi connectivity index (χ1v) is 9.24. The summed E-state index contributed by atoms with van der Waals surface area (Å²) in [5.41, 5.74) is 0.611. The fourth-order valence-corrected chi connectivity index (χ4v) is 3.98. The van der Waals surface area contributed by atoms with Gasteiger partial charge in [-0.15, -0.1) is 0 Å². The van der Waals surface area contributed by atoms with E-state index in [1.54, 1.807) is 12.1 Å². The summed E-state index contributed by atoms with van der Waals surface area (Å²) < 4.78 is 13.9. The first-order valence-electron chi connectivity index (χ1n) is 9.24. The Labute approximate surface area is 149 Å². The first kappa shape index (κ1) is 18.1.